The highest BCUT2D eigenvalue weighted by Crippen LogP contribution is 2.51. The van der Waals surface area contributed by atoms with Crippen molar-refractivity contribution >= 4 is 23.1 Å². The molecule has 42 heavy (non-hydrogen) atoms. The van der Waals surface area contributed by atoms with Crippen molar-refractivity contribution < 1.29 is 14.3 Å². The molecule has 1 heterocycles. The molecule has 1 unspecified atom stereocenters. The topological polar surface area (TPSA) is 88.6 Å². The summed E-state index contributed by atoms with van der Waals surface area (Å²) in [5, 5.41) is 11.2. The Bertz CT molecular complexity index is 1680. The molecule has 2 aliphatic rings. The van der Waals surface area contributed by atoms with Gasteiger partial charge in [0.05, 0.1) is 24.7 Å². The smallest absolute Gasteiger partial charge is 0.162 e. The fourth-order valence-electron chi connectivity index (χ4n) is 6.19. The number of nitriles is 1. The molecule has 0 aromatic heterocycles. The maximum Gasteiger partial charge on any atom is 0.162 e. The molecule has 0 fully saturated rings. The van der Waals surface area contributed by atoms with E-state index in [2.05, 4.69) is 32.0 Å². The van der Waals surface area contributed by atoms with Crippen LogP contribution in [-0.4, -0.2) is 12.9 Å². The lowest BCUT2D eigenvalue weighted by Crippen LogP contribution is -2.42. The molecule has 0 radical (unpaired) electrons. The van der Waals surface area contributed by atoms with Crippen molar-refractivity contribution in [1.29, 1.82) is 5.26 Å². The van der Waals surface area contributed by atoms with Crippen LogP contribution >= 0.6 is 11.6 Å². The second-order valence-electron chi connectivity index (χ2n) is 12.0. The lowest BCUT2D eigenvalue weighted by molar-refractivity contribution is -0.118. The fourth-order valence-corrected chi connectivity index (χ4v) is 6.42. The van der Waals surface area contributed by atoms with Gasteiger partial charge in [-0.25, -0.2) is 0 Å². The van der Waals surface area contributed by atoms with E-state index >= 15 is 0 Å². The van der Waals surface area contributed by atoms with Gasteiger partial charge >= 0.3 is 0 Å². The maximum absolute atomic E-state index is 14.0. The summed E-state index contributed by atoms with van der Waals surface area (Å²) in [4.78, 5) is 15.9. The largest absolute Gasteiger partial charge is 0.497 e. The molecule has 2 N–H and O–H groups in total. The van der Waals surface area contributed by atoms with Crippen molar-refractivity contribution in [3.63, 3.8) is 0 Å². The quantitative estimate of drug-likeness (QED) is 0.319. The summed E-state index contributed by atoms with van der Waals surface area (Å²) < 4.78 is 11.6. The minimum Gasteiger partial charge on any atom is -0.497 e. The first-order chi connectivity index (χ1) is 19.9. The molecule has 0 saturated heterocycles. The average Bonchev–Trinajstić information content (AvgIpc) is 2.93. The molecule has 7 heteroatoms. The molecule has 1 atom stereocenters. The molecule has 6 nitrogen and oxygen atoms in total. The second kappa shape index (κ2) is 11.2. The first-order valence-electron chi connectivity index (χ1n) is 14.0. The molecule has 0 amide bonds. The van der Waals surface area contributed by atoms with Gasteiger partial charge < -0.3 is 15.2 Å². The van der Waals surface area contributed by atoms with E-state index in [4.69, 9.17) is 26.8 Å². The molecular formula is C35H36ClN3O3. The van der Waals surface area contributed by atoms with Crippen molar-refractivity contribution in [2.24, 2.45) is 11.1 Å². The van der Waals surface area contributed by atoms with E-state index in [1.54, 1.807) is 7.11 Å². The standard InChI is InChI=1S/C35H36ClN3O3/c1-20-13-23(19-42-31-12-7-24(36)15-21(31)2)22(3)27(14-20)32-28(18-37)34(38)39(25-8-10-26(41-6)11-9-25)29-16-35(4,5)17-30(40)33(29)32/h7-15,32H,16-17,19,38H2,1-6H3. The number of methoxy groups -OCH3 is 1. The predicted molar refractivity (Wildman–Crippen MR) is 167 cm³/mol. The van der Waals surface area contributed by atoms with Crippen LogP contribution in [0.4, 0.5) is 5.69 Å². The molecule has 3 aromatic rings. The summed E-state index contributed by atoms with van der Waals surface area (Å²) in [6, 6.07) is 19.6. The number of carbonyl (C=O) groups excluding carboxylic acids is 1. The van der Waals surface area contributed by atoms with Gasteiger partial charge in [-0.2, -0.15) is 5.26 Å². The van der Waals surface area contributed by atoms with Gasteiger partial charge in [0.15, 0.2) is 5.78 Å². The third kappa shape index (κ3) is 5.37. The third-order valence-corrected chi connectivity index (χ3v) is 8.48. The number of hydrogen-bond acceptors (Lipinski definition) is 6. The molecule has 1 aliphatic heterocycles. The van der Waals surface area contributed by atoms with Gasteiger partial charge in [0.1, 0.15) is 23.9 Å². The van der Waals surface area contributed by atoms with E-state index in [1.165, 1.54) is 0 Å². The van der Waals surface area contributed by atoms with Crippen molar-refractivity contribution in [1.82, 2.24) is 0 Å². The summed E-state index contributed by atoms with van der Waals surface area (Å²) in [6.07, 6.45) is 1.04. The van der Waals surface area contributed by atoms with Crippen LogP contribution in [0.1, 0.15) is 60.4 Å². The van der Waals surface area contributed by atoms with Gasteiger partial charge in [0.25, 0.3) is 0 Å². The van der Waals surface area contributed by atoms with Crippen LogP contribution in [0.15, 0.2) is 77.3 Å². The normalized spacial score (nSPS) is 18.1. The zero-order chi connectivity index (χ0) is 30.3. The van der Waals surface area contributed by atoms with Gasteiger partial charge in [-0.3, -0.25) is 9.69 Å². The highest BCUT2D eigenvalue weighted by molar-refractivity contribution is 6.30. The van der Waals surface area contributed by atoms with Gasteiger partial charge in [-0.05, 0) is 97.3 Å². The van der Waals surface area contributed by atoms with E-state index < -0.39 is 5.92 Å². The fraction of sp³-hybridized carbons (Fsp3) is 0.314. The number of benzene rings is 3. The number of halogens is 1. The summed E-state index contributed by atoms with van der Waals surface area (Å²) in [6.45, 7) is 10.5. The number of allylic oxidation sites excluding steroid dienone is 3. The van der Waals surface area contributed by atoms with Gasteiger partial charge in [-0.15, -0.1) is 0 Å². The van der Waals surface area contributed by atoms with Crippen LogP contribution in [0.3, 0.4) is 0 Å². The number of carbonyl (C=O) groups is 1. The number of hydrogen-bond donors (Lipinski definition) is 1. The van der Waals surface area contributed by atoms with E-state index in [0.29, 0.717) is 47.2 Å². The van der Waals surface area contributed by atoms with Gasteiger partial charge in [0.2, 0.25) is 0 Å². The molecule has 0 saturated carbocycles. The molecule has 3 aromatic carbocycles. The lowest BCUT2D eigenvalue weighted by Gasteiger charge is -2.44. The van der Waals surface area contributed by atoms with E-state index in [9.17, 15) is 10.1 Å². The highest BCUT2D eigenvalue weighted by Gasteiger charge is 2.45. The number of anilines is 1. The van der Waals surface area contributed by atoms with E-state index in [0.717, 1.165) is 45.0 Å². The minimum atomic E-state index is -0.570. The molecular weight excluding hydrogens is 546 g/mol. The van der Waals surface area contributed by atoms with Crippen molar-refractivity contribution in [2.45, 2.75) is 60.0 Å². The minimum absolute atomic E-state index is 0.0421. The lowest BCUT2D eigenvalue weighted by atomic mass is 9.68. The summed E-state index contributed by atoms with van der Waals surface area (Å²) in [5.41, 5.74) is 14.1. The Kier molecular flexibility index (Phi) is 7.83. The van der Waals surface area contributed by atoms with E-state index in [1.807, 2.05) is 68.1 Å². The maximum atomic E-state index is 14.0. The number of ether oxygens (including phenoxy) is 2. The Hall–Kier alpha value is -4.21. The van der Waals surface area contributed by atoms with Crippen molar-refractivity contribution in [3.05, 3.63) is 110 Å². The first kappa shape index (κ1) is 29.3. The van der Waals surface area contributed by atoms with Gasteiger partial charge in [0, 0.05) is 28.4 Å². The van der Waals surface area contributed by atoms with Crippen LogP contribution in [0.5, 0.6) is 11.5 Å². The SMILES string of the molecule is COc1ccc(N2C(N)=C(C#N)C(c3cc(C)cc(COc4ccc(Cl)cc4C)c3C)C3=C2CC(C)(C)CC3=O)cc1. The number of ketones is 1. The molecule has 1 aliphatic carbocycles. The Morgan fingerprint density at radius 2 is 1.79 bits per heavy atom. The summed E-state index contributed by atoms with van der Waals surface area (Å²) in [5.74, 6) is 1.28. The van der Waals surface area contributed by atoms with Crippen molar-refractivity contribution in [3.8, 4) is 17.6 Å². The van der Waals surface area contributed by atoms with Gasteiger partial charge in [-0.1, -0.05) is 43.1 Å². The Balaban J connectivity index is 1.65. The van der Waals surface area contributed by atoms with Crippen molar-refractivity contribution in [2.75, 3.05) is 12.0 Å². The first-order valence-corrected chi connectivity index (χ1v) is 14.4. The monoisotopic (exact) mass is 581 g/mol. The number of rotatable bonds is 6. The Morgan fingerprint density at radius 3 is 2.43 bits per heavy atom. The zero-order valence-corrected chi connectivity index (χ0v) is 25.7. The average molecular weight is 582 g/mol. The number of aryl methyl sites for hydroxylation is 2. The highest BCUT2D eigenvalue weighted by atomic mass is 35.5. The number of nitrogens with zero attached hydrogens (tertiary/aromatic N) is 2. The predicted octanol–water partition coefficient (Wildman–Crippen LogP) is 7.79. The molecule has 0 bridgehead atoms. The molecule has 0 spiro atoms. The van der Waals surface area contributed by atoms with Crippen LogP contribution < -0.4 is 20.1 Å². The van der Waals surface area contributed by atoms with Crippen LogP contribution in [0.25, 0.3) is 0 Å². The van der Waals surface area contributed by atoms with E-state index in [-0.39, 0.29) is 11.2 Å². The van der Waals surface area contributed by atoms with Crippen LogP contribution in [-0.2, 0) is 11.4 Å². The van der Waals surface area contributed by atoms with Crippen LogP contribution in [0.2, 0.25) is 5.02 Å². The number of Topliss-reactive ketones (excluding diaryl/α,β-unsaturated/α-hetero) is 1. The second-order valence-corrected chi connectivity index (χ2v) is 12.5. The number of nitrogens with two attached hydrogens (primary N) is 1. The van der Waals surface area contributed by atoms with Crippen LogP contribution in [0, 0.1) is 37.5 Å². The molecule has 5 rings (SSSR count). The third-order valence-electron chi connectivity index (χ3n) is 8.24. The Labute approximate surface area is 253 Å². The summed E-state index contributed by atoms with van der Waals surface area (Å²) >= 11 is 6.14. The zero-order valence-electron chi connectivity index (χ0n) is 25.0. The summed E-state index contributed by atoms with van der Waals surface area (Å²) in [7, 11) is 1.62. The molecule has 216 valence electrons. The Morgan fingerprint density at radius 1 is 1.07 bits per heavy atom.